The summed E-state index contributed by atoms with van der Waals surface area (Å²) in [5.74, 6) is 0.734. The monoisotopic (exact) mass is 270 g/mol. The Morgan fingerprint density at radius 1 is 1.00 bits per heavy atom. The van der Waals surface area contributed by atoms with E-state index in [0.29, 0.717) is 5.88 Å². The van der Waals surface area contributed by atoms with Crippen molar-refractivity contribution in [3.63, 3.8) is 0 Å². The summed E-state index contributed by atoms with van der Waals surface area (Å²) in [6, 6.07) is 5.74. The number of benzene rings is 1. The number of aromatic nitrogens is 2. The van der Waals surface area contributed by atoms with Gasteiger partial charge in [0, 0.05) is 0 Å². The van der Waals surface area contributed by atoms with Crippen LogP contribution in [0.1, 0.15) is 5.56 Å². The van der Waals surface area contributed by atoms with Crippen molar-refractivity contribution in [2.24, 2.45) is 0 Å². The lowest BCUT2D eigenvalue weighted by Gasteiger charge is -2.08. The van der Waals surface area contributed by atoms with Crippen LogP contribution in [0.2, 0.25) is 0 Å². The van der Waals surface area contributed by atoms with E-state index in [2.05, 4.69) is 9.97 Å². The first-order valence-electron chi connectivity index (χ1n) is 5.20. The SMILES string of the molecule is COc1cc(Oc2ccc(C(F)(F)F)cc2)ncn1. The van der Waals surface area contributed by atoms with Crippen LogP contribution in [0.5, 0.6) is 17.5 Å². The second-order valence-electron chi connectivity index (χ2n) is 3.52. The molecule has 0 fully saturated rings. The molecule has 0 unspecified atom stereocenters. The third-order valence-electron chi connectivity index (χ3n) is 2.23. The van der Waals surface area contributed by atoms with Crippen molar-refractivity contribution in [2.45, 2.75) is 6.18 Å². The number of ether oxygens (including phenoxy) is 2. The second kappa shape index (κ2) is 5.13. The Kier molecular flexibility index (Phi) is 3.55. The molecule has 1 aromatic carbocycles. The Hall–Kier alpha value is -2.31. The van der Waals surface area contributed by atoms with Crippen LogP contribution in [-0.2, 0) is 6.18 Å². The molecule has 0 aliphatic rings. The maximum Gasteiger partial charge on any atom is 0.416 e. The molecule has 1 heterocycles. The van der Waals surface area contributed by atoms with Crippen LogP contribution in [-0.4, -0.2) is 17.1 Å². The average Bonchev–Trinajstić information content (AvgIpc) is 2.38. The summed E-state index contributed by atoms with van der Waals surface area (Å²) in [5, 5.41) is 0. The first-order valence-corrected chi connectivity index (χ1v) is 5.20. The van der Waals surface area contributed by atoms with Gasteiger partial charge in [0.2, 0.25) is 11.8 Å². The molecule has 0 aliphatic carbocycles. The molecule has 0 atom stereocenters. The standard InChI is InChI=1S/C12H9F3N2O2/c1-18-10-6-11(17-7-16-10)19-9-4-2-8(3-5-9)12(13,14)15/h2-7H,1H3. The van der Waals surface area contributed by atoms with Crippen LogP contribution in [0.3, 0.4) is 0 Å². The predicted octanol–water partition coefficient (Wildman–Crippen LogP) is 3.30. The van der Waals surface area contributed by atoms with Gasteiger partial charge in [-0.15, -0.1) is 0 Å². The van der Waals surface area contributed by atoms with Crippen molar-refractivity contribution in [3.8, 4) is 17.5 Å². The molecule has 19 heavy (non-hydrogen) atoms. The Morgan fingerprint density at radius 2 is 1.63 bits per heavy atom. The minimum atomic E-state index is -4.36. The zero-order valence-corrected chi connectivity index (χ0v) is 9.81. The number of nitrogens with zero attached hydrogens (tertiary/aromatic N) is 2. The van der Waals surface area contributed by atoms with Crippen molar-refractivity contribution in [1.29, 1.82) is 0 Å². The molecule has 1 aromatic heterocycles. The van der Waals surface area contributed by atoms with Crippen LogP contribution in [0.25, 0.3) is 0 Å². The van der Waals surface area contributed by atoms with E-state index in [-0.39, 0.29) is 11.6 Å². The lowest BCUT2D eigenvalue weighted by Crippen LogP contribution is -2.04. The van der Waals surface area contributed by atoms with E-state index in [4.69, 9.17) is 9.47 Å². The fraction of sp³-hybridized carbons (Fsp3) is 0.167. The molecule has 0 aliphatic heterocycles. The molecule has 7 heteroatoms. The van der Waals surface area contributed by atoms with E-state index in [1.54, 1.807) is 0 Å². The highest BCUT2D eigenvalue weighted by Crippen LogP contribution is 2.31. The van der Waals surface area contributed by atoms with E-state index in [1.807, 2.05) is 0 Å². The first-order chi connectivity index (χ1) is 8.99. The van der Waals surface area contributed by atoms with Gasteiger partial charge >= 0.3 is 6.18 Å². The lowest BCUT2D eigenvalue weighted by molar-refractivity contribution is -0.137. The van der Waals surface area contributed by atoms with Gasteiger partial charge in [0.25, 0.3) is 0 Å². The van der Waals surface area contributed by atoms with Crippen LogP contribution in [0.15, 0.2) is 36.7 Å². The molecular formula is C12H9F3N2O2. The summed E-state index contributed by atoms with van der Waals surface area (Å²) in [6.07, 6.45) is -3.13. The van der Waals surface area contributed by atoms with Gasteiger partial charge in [0.15, 0.2) is 0 Å². The van der Waals surface area contributed by atoms with Gasteiger partial charge in [0.05, 0.1) is 18.7 Å². The minimum absolute atomic E-state index is 0.187. The number of methoxy groups -OCH3 is 1. The zero-order chi connectivity index (χ0) is 13.9. The maximum atomic E-state index is 12.4. The van der Waals surface area contributed by atoms with Gasteiger partial charge in [-0.05, 0) is 24.3 Å². The maximum absolute atomic E-state index is 12.4. The van der Waals surface area contributed by atoms with Crippen LogP contribution >= 0.6 is 0 Å². The van der Waals surface area contributed by atoms with Crippen molar-refractivity contribution in [3.05, 3.63) is 42.2 Å². The quantitative estimate of drug-likeness (QED) is 0.858. The third-order valence-corrected chi connectivity index (χ3v) is 2.23. The van der Waals surface area contributed by atoms with E-state index in [1.165, 1.54) is 31.6 Å². The molecule has 2 rings (SSSR count). The predicted molar refractivity (Wildman–Crippen MR) is 60.1 cm³/mol. The second-order valence-corrected chi connectivity index (χ2v) is 3.52. The van der Waals surface area contributed by atoms with Crippen LogP contribution in [0, 0.1) is 0 Å². The molecule has 0 radical (unpaired) electrons. The smallest absolute Gasteiger partial charge is 0.416 e. The van der Waals surface area contributed by atoms with Crippen molar-refractivity contribution >= 4 is 0 Å². The Morgan fingerprint density at radius 3 is 2.21 bits per heavy atom. The van der Waals surface area contributed by atoms with E-state index in [9.17, 15) is 13.2 Å². The van der Waals surface area contributed by atoms with Gasteiger partial charge in [-0.2, -0.15) is 13.2 Å². The van der Waals surface area contributed by atoms with Crippen molar-refractivity contribution in [1.82, 2.24) is 9.97 Å². The molecule has 0 amide bonds. The average molecular weight is 270 g/mol. The normalized spacial score (nSPS) is 11.2. The summed E-state index contributed by atoms with van der Waals surface area (Å²) >= 11 is 0. The summed E-state index contributed by atoms with van der Waals surface area (Å²) in [7, 11) is 1.43. The number of alkyl halides is 3. The topological polar surface area (TPSA) is 44.2 Å². The van der Waals surface area contributed by atoms with Gasteiger partial charge in [-0.25, -0.2) is 9.97 Å². The van der Waals surface area contributed by atoms with E-state index >= 15 is 0 Å². The lowest BCUT2D eigenvalue weighted by atomic mass is 10.2. The highest BCUT2D eigenvalue weighted by atomic mass is 19.4. The van der Waals surface area contributed by atoms with E-state index in [0.717, 1.165) is 12.1 Å². The number of hydrogen-bond acceptors (Lipinski definition) is 4. The molecule has 100 valence electrons. The van der Waals surface area contributed by atoms with Crippen LogP contribution in [0.4, 0.5) is 13.2 Å². The molecule has 0 saturated carbocycles. The summed E-state index contributed by atoms with van der Waals surface area (Å²) in [6.45, 7) is 0. The first kappa shape index (κ1) is 13.1. The molecule has 0 spiro atoms. The number of hydrogen-bond donors (Lipinski definition) is 0. The Balaban J connectivity index is 2.15. The Labute approximate surface area is 106 Å². The number of rotatable bonds is 3. The minimum Gasteiger partial charge on any atom is -0.481 e. The molecule has 4 nitrogen and oxygen atoms in total. The fourth-order valence-electron chi connectivity index (χ4n) is 1.32. The van der Waals surface area contributed by atoms with Gasteiger partial charge in [-0.3, -0.25) is 0 Å². The van der Waals surface area contributed by atoms with E-state index < -0.39 is 11.7 Å². The third kappa shape index (κ3) is 3.34. The van der Waals surface area contributed by atoms with Crippen molar-refractivity contribution < 1.29 is 22.6 Å². The summed E-state index contributed by atoms with van der Waals surface area (Å²) in [5.41, 5.74) is -0.736. The zero-order valence-electron chi connectivity index (χ0n) is 9.81. The molecule has 2 aromatic rings. The molecular weight excluding hydrogens is 261 g/mol. The summed E-state index contributed by atoms with van der Waals surface area (Å²) < 4.78 is 47.3. The summed E-state index contributed by atoms with van der Waals surface area (Å²) in [4.78, 5) is 7.60. The fourth-order valence-corrected chi connectivity index (χ4v) is 1.32. The molecule has 0 N–H and O–H groups in total. The highest BCUT2D eigenvalue weighted by Gasteiger charge is 2.30. The molecule has 0 saturated heterocycles. The largest absolute Gasteiger partial charge is 0.481 e. The van der Waals surface area contributed by atoms with Gasteiger partial charge in [-0.1, -0.05) is 0 Å². The van der Waals surface area contributed by atoms with Gasteiger partial charge < -0.3 is 9.47 Å². The Bertz CT molecular complexity index is 556. The van der Waals surface area contributed by atoms with Gasteiger partial charge in [0.1, 0.15) is 12.1 Å². The highest BCUT2D eigenvalue weighted by molar-refractivity contribution is 5.32. The van der Waals surface area contributed by atoms with Crippen LogP contribution < -0.4 is 9.47 Å². The van der Waals surface area contributed by atoms with Crippen molar-refractivity contribution in [2.75, 3.05) is 7.11 Å². The number of halogens is 3. The molecule has 0 bridgehead atoms.